The van der Waals surface area contributed by atoms with E-state index in [-0.39, 0.29) is 35.0 Å². The van der Waals surface area contributed by atoms with E-state index in [0.29, 0.717) is 18.0 Å². The summed E-state index contributed by atoms with van der Waals surface area (Å²) < 4.78 is 22.7. The zero-order chi connectivity index (χ0) is 25.1. The lowest BCUT2D eigenvalue weighted by atomic mass is 9.96. The summed E-state index contributed by atoms with van der Waals surface area (Å²) >= 11 is 0. The molecule has 0 radical (unpaired) electrons. The Morgan fingerprint density at radius 1 is 1.31 bits per heavy atom. The Hall–Kier alpha value is -3.69. The van der Waals surface area contributed by atoms with Gasteiger partial charge in [-0.15, -0.1) is 0 Å². The maximum atomic E-state index is 15.1. The van der Waals surface area contributed by atoms with E-state index in [9.17, 15) is 14.7 Å². The van der Waals surface area contributed by atoms with Gasteiger partial charge in [0.1, 0.15) is 30.0 Å². The lowest BCUT2D eigenvalue weighted by Crippen LogP contribution is -2.36. The van der Waals surface area contributed by atoms with Gasteiger partial charge in [0.15, 0.2) is 11.6 Å². The number of carboxylic acid groups (broad SMARTS) is 1. The third kappa shape index (κ3) is 4.65. The van der Waals surface area contributed by atoms with Gasteiger partial charge in [0.25, 0.3) is 0 Å². The van der Waals surface area contributed by atoms with Crippen molar-refractivity contribution in [3.63, 3.8) is 0 Å². The van der Waals surface area contributed by atoms with E-state index in [1.165, 1.54) is 12.5 Å². The minimum atomic E-state index is -1.33. The molecule has 1 fully saturated rings. The second-order valence-electron chi connectivity index (χ2n) is 8.58. The van der Waals surface area contributed by atoms with Gasteiger partial charge in [-0.05, 0) is 37.8 Å². The van der Waals surface area contributed by atoms with Crippen molar-refractivity contribution in [2.45, 2.75) is 39.7 Å². The molecule has 0 unspecified atom stereocenters. The number of aromatic carboxylic acids is 1. The molecule has 0 aliphatic carbocycles. The molecule has 0 amide bonds. The Bertz CT molecular complexity index is 1270. The van der Waals surface area contributed by atoms with Gasteiger partial charge >= 0.3 is 5.97 Å². The van der Waals surface area contributed by atoms with Crippen LogP contribution in [-0.4, -0.2) is 51.9 Å². The number of hydrogen-bond donors (Lipinski definition) is 2. The normalized spacial score (nSPS) is 17.4. The van der Waals surface area contributed by atoms with Crippen LogP contribution in [0.25, 0.3) is 10.9 Å². The van der Waals surface area contributed by atoms with Crippen molar-refractivity contribution in [3.05, 3.63) is 52.5 Å². The van der Waals surface area contributed by atoms with Gasteiger partial charge < -0.3 is 24.6 Å². The minimum Gasteiger partial charge on any atom is -0.487 e. The highest BCUT2D eigenvalue weighted by Gasteiger charge is 2.28. The molecule has 0 saturated carbocycles. The number of pyridine rings is 1. The van der Waals surface area contributed by atoms with Crippen molar-refractivity contribution in [2.24, 2.45) is 5.92 Å². The SMILES string of the molecule is CC.C[C@H]1COc2c(NCC3CCN(c4ccncn4)CC3)c(F)cc3c(=O)c(C(=O)O)cn1c23. The van der Waals surface area contributed by atoms with Crippen LogP contribution in [0.4, 0.5) is 15.9 Å². The van der Waals surface area contributed by atoms with E-state index in [1.54, 1.807) is 10.8 Å². The standard InChI is InChI=1S/C23H24FN5O4.C2H6/c1-13-11-33-22-19(17(24)8-15-20(22)29(13)10-16(21(15)30)23(31)32)26-9-14-3-6-28(7-4-14)18-2-5-25-12-27-18;1-2/h2,5,8,10,12-14,26H,3-4,6-7,9,11H2,1H3,(H,31,32);1-2H3/t13-;/m0./s1. The minimum absolute atomic E-state index is 0.0117. The maximum absolute atomic E-state index is 15.1. The van der Waals surface area contributed by atoms with Crippen LogP contribution in [0.3, 0.4) is 0 Å². The summed E-state index contributed by atoms with van der Waals surface area (Å²) in [4.78, 5) is 34.7. The Kier molecular flexibility index (Phi) is 7.18. The van der Waals surface area contributed by atoms with Crippen LogP contribution in [0.2, 0.25) is 0 Å². The number of rotatable bonds is 5. The molecule has 2 aliphatic rings. The lowest BCUT2D eigenvalue weighted by Gasteiger charge is -2.33. The summed E-state index contributed by atoms with van der Waals surface area (Å²) in [6.45, 7) is 8.37. The summed E-state index contributed by atoms with van der Waals surface area (Å²) in [5.41, 5.74) is -0.455. The zero-order valence-electron chi connectivity index (χ0n) is 20.1. The molecular weight excluding hydrogens is 453 g/mol. The summed E-state index contributed by atoms with van der Waals surface area (Å²) in [7, 11) is 0. The van der Waals surface area contributed by atoms with Crippen molar-refractivity contribution >= 4 is 28.4 Å². The number of hydrogen-bond acceptors (Lipinski definition) is 7. The molecule has 1 aromatic carbocycles. The highest BCUT2D eigenvalue weighted by molar-refractivity contribution is 5.97. The quantitative estimate of drug-likeness (QED) is 0.562. The molecular formula is C25H30FN5O4. The van der Waals surface area contributed by atoms with Crippen LogP contribution in [0.1, 0.15) is 50.0 Å². The van der Waals surface area contributed by atoms with Crippen molar-refractivity contribution < 1.29 is 19.0 Å². The van der Waals surface area contributed by atoms with E-state index in [2.05, 4.69) is 20.2 Å². The highest BCUT2D eigenvalue weighted by atomic mass is 19.1. The van der Waals surface area contributed by atoms with Gasteiger partial charge in [0, 0.05) is 32.0 Å². The first-order chi connectivity index (χ1) is 16.9. The molecule has 0 bridgehead atoms. The number of benzene rings is 1. The van der Waals surface area contributed by atoms with Crippen LogP contribution in [0.15, 0.2) is 35.6 Å². The van der Waals surface area contributed by atoms with Gasteiger partial charge in [0.2, 0.25) is 5.43 Å². The molecule has 0 spiro atoms. The fourth-order valence-corrected chi connectivity index (χ4v) is 4.63. The number of carbonyl (C=O) groups is 1. The molecule has 186 valence electrons. The average molecular weight is 484 g/mol. The van der Waals surface area contributed by atoms with Gasteiger partial charge in [-0.25, -0.2) is 19.2 Å². The Morgan fingerprint density at radius 3 is 2.71 bits per heavy atom. The fraction of sp³-hybridized carbons (Fsp3) is 0.440. The Labute approximate surface area is 202 Å². The fourth-order valence-electron chi connectivity index (χ4n) is 4.63. The molecule has 1 atom stereocenters. The molecule has 2 aromatic heterocycles. The topological polar surface area (TPSA) is 110 Å². The molecule has 10 heteroatoms. The number of nitrogens with zero attached hydrogens (tertiary/aromatic N) is 4. The molecule has 35 heavy (non-hydrogen) atoms. The van der Waals surface area contributed by atoms with Gasteiger partial charge in [0.05, 0.1) is 16.9 Å². The van der Waals surface area contributed by atoms with E-state index in [1.807, 2.05) is 26.8 Å². The third-order valence-electron chi connectivity index (χ3n) is 6.47. The molecule has 4 heterocycles. The third-order valence-corrected chi connectivity index (χ3v) is 6.47. The second kappa shape index (κ2) is 10.3. The van der Waals surface area contributed by atoms with E-state index in [0.717, 1.165) is 37.8 Å². The summed E-state index contributed by atoms with van der Waals surface area (Å²) in [5.74, 6) is -0.457. The van der Waals surface area contributed by atoms with E-state index >= 15 is 4.39 Å². The van der Waals surface area contributed by atoms with Crippen molar-refractivity contribution in [3.8, 4) is 5.75 Å². The number of aromatic nitrogens is 3. The predicted octanol–water partition coefficient (Wildman–Crippen LogP) is 3.94. The van der Waals surface area contributed by atoms with Crippen LogP contribution < -0.4 is 20.4 Å². The van der Waals surface area contributed by atoms with E-state index < -0.39 is 17.2 Å². The van der Waals surface area contributed by atoms with Crippen LogP contribution in [0.5, 0.6) is 5.75 Å². The molecule has 9 nitrogen and oxygen atoms in total. The van der Waals surface area contributed by atoms with Gasteiger partial charge in [-0.2, -0.15) is 0 Å². The zero-order valence-corrected chi connectivity index (χ0v) is 20.1. The molecule has 2 N–H and O–H groups in total. The Balaban J connectivity index is 0.00000141. The molecule has 5 rings (SSSR count). The van der Waals surface area contributed by atoms with E-state index in [4.69, 9.17) is 4.74 Å². The van der Waals surface area contributed by atoms with Crippen molar-refractivity contribution in [2.75, 3.05) is 36.5 Å². The molecule has 2 aliphatic heterocycles. The monoisotopic (exact) mass is 483 g/mol. The van der Waals surface area contributed by atoms with Crippen LogP contribution in [-0.2, 0) is 0 Å². The van der Waals surface area contributed by atoms with Crippen LogP contribution in [0, 0.1) is 11.7 Å². The number of halogens is 1. The first kappa shape index (κ1) is 24.4. The largest absolute Gasteiger partial charge is 0.487 e. The van der Waals surface area contributed by atoms with Crippen molar-refractivity contribution in [1.82, 2.24) is 14.5 Å². The summed E-state index contributed by atoms with van der Waals surface area (Å²) in [6.07, 6.45) is 6.44. The van der Waals surface area contributed by atoms with Crippen molar-refractivity contribution in [1.29, 1.82) is 0 Å². The molecule has 3 aromatic rings. The molecule has 1 saturated heterocycles. The number of piperidine rings is 1. The predicted molar refractivity (Wildman–Crippen MR) is 132 cm³/mol. The van der Waals surface area contributed by atoms with Gasteiger partial charge in [-0.1, -0.05) is 13.8 Å². The summed E-state index contributed by atoms with van der Waals surface area (Å²) in [5, 5.41) is 12.6. The number of carboxylic acids is 1. The number of nitrogens with one attached hydrogen (secondary N) is 1. The lowest BCUT2D eigenvalue weighted by molar-refractivity contribution is 0.0694. The number of ether oxygens (including phenoxy) is 1. The average Bonchev–Trinajstić information content (AvgIpc) is 2.88. The maximum Gasteiger partial charge on any atom is 0.341 e. The first-order valence-corrected chi connectivity index (χ1v) is 12.0. The van der Waals surface area contributed by atoms with Crippen LogP contribution >= 0.6 is 0 Å². The van der Waals surface area contributed by atoms with Gasteiger partial charge in [-0.3, -0.25) is 4.79 Å². The second-order valence-corrected chi connectivity index (χ2v) is 8.58. The first-order valence-electron chi connectivity index (χ1n) is 12.0. The number of anilines is 2. The highest BCUT2D eigenvalue weighted by Crippen LogP contribution is 2.40. The Morgan fingerprint density at radius 2 is 2.06 bits per heavy atom. The summed E-state index contributed by atoms with van der Waals surface area (Å²) in [6, 6.07) is 2.82. The smallest absolute Gasteiger partial charge is 0.341 e.